The van der Waals surface area contributed by atoms with Crippen LogP contribution in [-0.4, -0.2) is 70.7 Å². The van der Waals surface area contributed by atoms with Gasteiger partial charge in [-0.05, 0) is 38.5 Å². The van der Waals surface area contributed by atoms with Crippen LogP contribution in [0, 0.1) is 0 Å². The summed E-state index contributed by atoms with van der Waals surface area (Å²) in [6.45, 7) is 5.40. The summed E-state index contributed by atoms with van der Waals surface area (Å²) in [6.07, 6.45) is 32.1. The van der Waals surface area contributed by atoms with Crippen molar-refractivity contribution in [1.29, 1.82) is 0 Å². The van der Waals surface area contributed by atoms with Gasteiger partial charge in [0.1, 0.15) is 19.3 Å². The molecule has 0 aliphatic rings. The van der Waals surface area contributed by atoms with Crippen molar-refractivity contribution in [3.05, 3.63) is 12.2 Å². The summed E-state index contributed by atoms with van der Waals surface area (Å²) < 4.78 is 34.4. The van der Waals surface area contributed by atoms with Crippen LogP contribution in [0.15, 0.2) is 12.2 Å². The fraction of sp³-hybridized carbons (Fsp3) is 0.921. The maximum absolute atomic E-state index is 12.6. The van der Waals surface area contributed by atoms with Crippen LogP contribution < -0.4 is 4.89 Å². The second kappa shape index (κ2) is 32.4. The summed E-state index contributed by atoms with van der Waals surface area (Å²) >= 11 is 0. The number of unbranched alkanes of at least 4 members (excludes halogenated alkanes) is 20. The molecule has 0 rings (SSSR count). The number of esters is 1. The van der Waals surface area contributed by atoms with Gasteiger partial charge in [-0.1, -0.05) is 135 Å². The highest BCUT2D eigenvalue weighted by Crippen LogP contribution is 2.38. The molecule has 0 aromatic carbocycles. The van der Waals surface area contributed by atoms with Crippen LogP contribution in [0.3, 0.4) is 0 Å². The second-order valence-corrected chi connectivity index (χ2v) is 15.7. The number of carbonyl (C=O) groups is 1. The van der Waals surface area contributed by atoms with E-state index in [-0.39, 0.29) is 25.8 Å². The molecule has 0 heterocycles. The molecule has 0 spiro atoms. The van der Waals surface area contributed by atoms with Gasteiger partial charge < -0.3 is 27.9 Å². The summed E-state index contributed by atoms with van der Waals surface area (Å²) in [5.74, 6) is -0.342. The minimum Gasteiger partial charge on any atom is -0.756 e. The monoisotopic (exact) mass is 690 g/mol. The first kappa shape index (κ1) is 46.2. The van der Waals surface area contributed by atoms with E-state index in [0.29, 0.717) is 24.1 Å². The lowest BCUT2D eigenvalue weighted by atomic mass is 10.1. The first-order valence-electron chi connectivity index (χ1n) is 19.4. The molecular formula is C38H76NO7P. The van der Waals surface area contributed by atoms with Gasteiger partial charge in [-0.2, -0.15) is 0 Å². The van der Waals surface area contributed by atoms with Gasteiger partial charge in [-0.15, -0.1) is 0 Å². The molecule has 0 aromatic rings. The van der Waals surface area contributed by atoms with Crippen molar-refractivity contribution in [1.82, 2.24) is 0 Å². The first-order chi connectivity index (χ1) is 22.6. The fourth-order valence-electron chi connectivity index (χ4n) is 5.25. The summed E-state index contributed by atoms with van der Waals surface area (Å²) in [5, 5.41) is 0. The van der Waals surface area contributed by atoms with Crippen molar-refractivity contribution < 1.29 is 37.3 Å². The van der Waals surface area contributed by atoms with Crippen LogP contribution >= 0.6 is 7.82 Å². The third-order valence-corrected chi connectivity index (χ3v) is 9.28. The number of phosphoric ester groups is 1. The molecule has 0 saturated heterocycles. The van der Waals surface area contributed by atoms with E-state index in [0.717, 1.165) is 44.9 Å². The first-order valence-corrected chi connectivity index (χ1v) is 20.9. The second-order valence-electron chi connectivity index (χ2n) is 14.3. The summed E-state index contributed by atoms with van der Waals surface area (Å²) in [4.78, 5) is 24.9. The van der Waals surface area contributed by atoms with E-state index in [1.807, 2.05) is 21.1 Å². The third kappa shape index (κ3) is 36.3. The molecule has 9 heteroatoms. The van der Waals surface area contributed by atoms with E-state index >= 15 is 0 Å². The normalized spacial score (nSPS) is 14.1. The average Bonchev–Trinajstić information content (AvgIpc) is 3.01. The van der Waals surface area contributed by atoms with Crippen molar-refractivity contribution in [2.45, 2.75) is 174 Å². The number of hydrogen-bond acceptors (Lipinski definition) is 7. The van der Waals surface area contributed by atoms with Crippen molar-refractivity contribution in [3.63, 3.8) is 0 Å². The Kier molecular flexibility index (Phi) is 31.9. The number of allylic oxidation sites excluding steroid dienone is 2. The Morgan fingerprint density at radius 3 is 1.62 bits per heavy atom. The van der Waals surface area contributed by atoms with Crippen molar-refractivity contribution >= 4 is 13.8 Å². The quantitative estimate of drug-likeness (QED) is 0.0212. The predicted molar refractivity (Wildman–Crippen MR) is 194 cm³/mol. The minimum atomic E-state index is -4.51. The summed E-state index contributed by atoms with van der Waals surface area (Å²) in [6, 6.07) is 0. The Hall–Kier alpha value is -0.760. The van der Waals surface area contributed by atoms with Crippen LogP contribution in [0.2, 0.25) is 0 Å². The fourth-order valence-corrected chi connectivity index (χ4v) is 5.97. The number of hydrogen-bond donors (Lipinski definition) is 0. The molecule has 280 valence electrons. The number of quaternary nitrogens is 1. The van der Waals surface area contributed by atoms with Crippen molar-refractivity contribution in [3.8, 4) is 0 Å². The molecule has 0 bridgehead atoms. The average molecular weight is 690 g/mol. The van der Waals surface area contributed by atoms with E-state index in [1.54, 1.807) is 0 Å². The van der Waals surface area contributed by atoms with Crippen LogP contribution in [0.1, 0.15) is 168 Å². The van der Waals surface area contributed by atoms with E-state index < -0.39 is 13.9 Å². The highest BCUT2D eigenvalue weighted by atomic mass is 31.2. The maximum atomic E-state index is 12.6. The number of phosphoric acid groups is 1. The minimum absolute atomic E-state index is 0.0272. The molecular weight excluding hydrogens is 613 g/mol. The Labute approximate surface area is 290 Å². The molecule has 2 unspecified atom stereocenters. The third-order valence-electron chi connectivity index (χ3n) is 8.32. The zero-order chi connectivity index (χ0) is 34.9. The van der Waals surface area contributed by atoms with E-state index in [9.17, 15) is 14.3 Å². The lowest BCUT2D eigenvalue weighted by Crippen LogP contribution is -2.37. The van der Waals surface area contributed by atoms with Gasteiger partial charge in [0.15, 0.2) is 0 Å². The van der Waals surface area contributed by atoms with Crippen molar-refractivity contribution in [2.24, 2.45) is 0 Å². The van der Waals surface area contributed by atoms with Crippen LogP contribution in [0.4, 0.5) is 0 Å². The molecule has 0 saturated carbocycles. The zero-order valence-electron chi connectivity index (χ0n) is 31.5. The molecule has 0 aliphatic carbocycles. The van der Waals surface area contributed by atoms with Gasteiger partial charge in [-0.3, -0.25) is 9.36 Å². The van der Waals surface area contributed by atoms with E-state index in [2.05, 4.69) is 26.0 Å². The Morgan fingerprint density at radius 1 is 0.638 bits per heavy atom. The molecule has 0 N–H and O–H groups in total. The SMILES string of the molecule is CCCCCCCC/C=C\CCCCCCCC(=O)OC(COCCCCCCCCCCCC)COP(=O)([O-])OCC[N+](C)(C)C. The largest absolute Gasteiger partial charge is 0.756 e. The van der Waals surface area contributed by atoms with Gasteiger partial charge in [0.25, 0.3) is 7.82 Å². The van der Waals surface area contributed by atoms with Gasteiger partial charge in [-0.25, -0.2) is 0 Å². The number of rotatable bonds is 36. The molecule has 0 amide bonds. The molecule has 0 aliphatic heterocycles. The van der Waals surface area contributed by atoms with Crippen LogP contribution in [-0.2, 0) is 27.9 Å². The van der Waals surface area contributed by atoms with Crippen LogP contribution in [0.25, 0.3) is 0 Å². The predicted octanol–water partition coefficient (Wildman–Crippen LogP) is 10.1. The standard InChI is InChI=1S/C38H76NO7P/c1-6-8-10-12-14-16-18-19-20-21-22-23-25-27-29-31-38(40)46-37(36-45-47(41,42)44-34-32-39(3,4)5)35-43-33-30-28-26-24-17-15-13-11-9-7-2/h19-20,37H,6-18,21-36H2,1-5H3/b20-19-. The van der Waals surface area contributed by atoms with Gasteiger partial charge in [0.05, 0.1) is 34.4 Å². The number of ether oxygens (including phenoxy) is 2. The number of likely N-dealkylation sites (N-methyl/N-ethyl adjacent to an activating group) is 1. The van der Waals surface area contributed by atoms with Crippen molar-refractivity contribution in [2.75, 3.05) is 54.1 Å². The topological polar surface area (TPSA) is 94.1 Å². The van der Waals surface area contributed by atoms with E-state index in [4.69, 9.17) is 18.5 Å². The molecule has 8 nitrogen and oxygen atoms in total. The number of carbonyl (C=O) groups excluding carboxylic acids is 1. The highest BCUT2D eigenvalue weighted by molar-refractivity contribution is 7.45. The molecule has 2 atom stereocenters. The van der Waals surface area contributed by atoms with E-state index in [1.165, 1.54) is 103 Å². The van der Waals surface area contributed by atoms with Gasteiger partial charge >= 0.3 is 5.97 Å². The summed E-state index contributed by atoms with van der Waals surface area (Å²) in [7, 11) is 1.36. The molecule has 0 fully saturated rings. The molecule has 0 radical (unpaired) electrons. The van der Waals surface area contributed by atoms with Gasteiger partial charge in [0, 0.05) is 13.0 Å². The molecule has 0 aromatic heterocycles. The smallest absolute Gasteiger partial charge is 0.306 e. The highest BCUT2D eigenvalue weighted by Gasteiger charge is 2.20. The Morgan fingerprint density at radius 2 is 1.11 bits per heavy atom. The lowest BCUT2D eigenvalue weighted by Gasteiger charge is -2.28. The van der Waals surface area contributed by atoms with Gasteiger partial charge in [0.2, 0.25) is 0 Å². The van der Waals surface area contributed by atoms with Crippen LogP contribution in [0.5, 0.6) is 0 Å². The Balaban J connectivity index is 4.28. The summed E-state index contributed by atoms with van der Waals surface area (Å²) in [5.41, 5.74) is 0. The zero-order valence-corrected chi connectivity index (χ0v) is 32.4. The Bertz CT molecular complexity index is 772. The lowest BCUT2D eigenvalue weighted by molar-refractivity contribution is -0.870. The number of nitrogens with zero attached hydrogens (tertiary/aromatic N) is 1. The molecule has 47 heavy (non-hydrogen) atoms. The maximum Gasteiger partial charge on any atom is 0.306 e.